The Morgan fingerprint density at radius 2 is 1.64 bits per heavy atom. The third kappa shape index (κ3) is 6.21. The Labute approximate surface area is 198 Å². The number of ether oxygens (including phenoxy) is 1. The van der Waals surface area contributed by atoms with Crippen molar-refractivity contribution in [3.63, 3.8) is 0 Å². The van der Waals surface area contributed by atoms with Gasteiger partial charge in [-0.25, -0.2) is 0 Å². The molecule has 0 spiro atoms. The summed E-state index contributed by atoms with van der Waals surface area (Å²) in [6.07, 6.45) is 1.20. The molecule has 2 aromatic rings. The van der Waals surface area contributed by atoms with Crippen LogP contribution in [0.4, 0.5) is 5.69 Å². The number of carboxylic acid groups (broad SMARTS) is 1. The maximum atomic E-state index is 13.8. The van der Waals surface area contributed by atoms with Gasteiger partial charge in [0.05, 0.1) is 18.1 Å². The third-order valence-corrected chi connectivity index (χ3v) is 6.65. The van der Waals surface area contributed by atoms with Crippen molar-refractivity contribution in [2.75, 3.05) is 45.8 Å². The summed E-state index contributed by atoms with van der Waals surface area (Å²) < 4.78 is 5.20. The number of benzene rings is 2. The van der Waals surface area contributed by atoms with Gasteiger partial charge in [-0.2, -0.15) is 0 Å². The second kappa shape index (κ2) is 12.0. The Morgan fingerprint density at radius 1 is 1.03 bits per heavy atom. The molecule has 2 aromatic carbocycles. The number of likely N-dealkylation sites (N-methyl/N-ethyl adjacent to an activating group) is 2. The molecule has 0 saturated carbocycles. The van der Waals surface area contributed by atoms with Crippen LogP contribution in [0.5, 0.6) is 0 Å². The van der Waals surface area contributed by atoms with Gasteiger partial charge < -0.3 is 14.7 Å². The number of carboxylic acids is 1. The zero-order valence-corrected chi connectivity index (χ0v) is 20.8. The third-order valence-electron chi connectivity index (χ3n) is 6.65. The average molecular weight is 455 g/mol. The van der Waals surface area contributed by atoms with Gasteiger partial charge in [-0.15, -0.1) is 0 Å². The molecule has 0 amide bonds. The van der Waals surface area contributed by atoms with Crippen LogP contribution in [-0.2, 0) is 16.0 Å². The van der Waals surface area contributed by atoms with E-state index in [9.17, 15) is 14.7 Å². The number of carbonyl (C=O) groups is 2. The van der Waals surface area contributed by atoms with Crippen molar-refractivity contribution in [1.29, 1.82) is 0 Å². The molecule has 0 fully saturated rings. The highest BCUT2D eigenvalue weighted by atomic mass is 16.5. The van der Waals surface area contributed by atoms with Crippen molar-refractivity contribution in [3.05, 3.63) is 65.2 Å². The molecular formula is C27H38N2O4. The molecule has 2 atom stereocenters. The lowest BCUT2D eigenvalue weighted by atomic mass is 9.80. The number of Topliss-reactive ketones (excluding diaryl/α,β-unsaturated/α-hetero) is 1. The first kappa shape index (κ1) is 26.6. The van der Waals surface area contributed by atoms with Crippen LogP contribution in [0.1, 0.15) is 54.6 Å². The Kier molecular flexibility index (Phi) is 9.62. The normalized spacial score (nSPS) is 14.0. The van der Waals surface area contributed by atoms with Gasteiger partial charge in [-0.1, -0.05) is 31.2 Å². The van der Waals surface area contributed by atoms with Crippen LogP contribution >= 0.6 is 0 Å². The Morgan fingerprint density at radius 3 is 2.09 bits per heavy atom. The molecule has 1 N–H and O–H groups in total. The zero-order chi connectivity index (χ0) is 24.6. The van der Waals surface area contributed by atoms with Gasteiger partial charge in [0.2, 0.25) is 0 Å². The second-order valence-corrected chi connectivity index (χ2v) is 8.71. The lowest BCUT2D eigenvalue weighted by Gasteiger charge is -2.38. The van der Waals surface area contributed by atoms with E-state index in [-0.39, 0.29) is 5.78 Å². The summed E-state index contributed by atoms with van der Waals surface area (Å²) in [5, 5.41) is 9.25. The Hall–Kier alpha value is -2.70. The van der Waals surface area contributed by atoms with E-state index < -0.39 is 17.4 Å². The maximum Gasteiger partial charge on any atom is 0.310 e. The Balaban J connectivity index is 2.30. The molecule has 2 unspecified atom stereocenters. The SMILES string of the molecule is CCN(CCOC)c1ccc(C(=O)C(CC)(Cc2ccc(C(C)C(=O)O)cc2)N(C)C)cc1. The van der Waals surface area contributed by atoms with Crippen LogP contribution in [0.15, 0.2) is 48.5 Å². The molecule has 0 aliphatic rings. The van der Waals surface area contributed by atoms with E-state index in [0.717, 1.165) is 29.9 Å². The molecule has 2 rings (SSSR count). The van der Waals surface area contributed by atoms with Gasteiger partial charge in [0.1, 0.15) is 0 Å². The average Bonchev–Trinajstić information content (AvgIpc) is 2.82. The van der Waals surface area contributed by atoms with Gasteiger partial charge in [0, 0.05) is 31.5 Å². The molecule has 33 heavy (non-hydrogen) atoms. The van der Waals surface area contributed by atoms with Crippen molar-refractivity contribution in [3.8, 4) is 0 Å². The maximum absolute atomic E-state index is 13.8. The van der Waals surface area contributed by atoms with E-state index >= 15 is 0 Å². The first-order chi connectivity index (χ1) is 15.7. The topological polar surface area (TPSA) is 70.1 Å². The van der Waals surface area contributed by atoms with Gasteiger partial charge >= 0.3 is 5.97 Å². The molecule has 0 aliphatic carbocycles. The monoisotopic (exact) mass is 454 g/mol. The van der Waals surface area contributed by atoms with E-state index in [2.05, 4.69) is 11.8 Å². The van der Waals surface area contributed by atoms with Crippen molar-refractivity contribution in [1.82, 2.24) is 4.90 Å². The van der Waals surface area contributed by atoms with Crippen LogP contribution in [0.25, 0.3) is 0 Å². The largest absolute Gasteiger partial charge is 0.481 e. The van der Waals surface area contributed by atoms with Crippen molar-refractivity contribution < 1.29 is 19.4 Å². The van der Waals surface area contributed by atoms with E-state index in [4.69, 9.17) is 4.74 Å². The first-order valence-corrected chi connectivity index (χ1v) is 11.6. The predicted molar refractivity (Wildman–Crippen MR) is 133 cm³/mol. The minimum absolute atomic E-state index is 0.0875. The summed E-state index contributed by atoms with van der Waals surface area (Å²) in [6, 6.07) is 15.4. The minimum Gasteiger partial charge on any atom is -0.481 e. The number of hydrogen-bond acceptors (Lipinski definition) is 5. The summed E-state index contributed by atoms with van der Waals surface area (Å²) >= 11 is 0. The molecule has 0 saturated heterocycles. The van der Waals surface area contributed by atoms with Crippen molar-refractivity contribution in [2.24, 2.45) is 0 Å². The number of rotatable bonds is 13. The highest BCUT2D eigenvalue weighted by Gasteiger charge is 2.39. The molecule has 6 nitrogen and oxygen atoms in total. The van der Waals surface area contributed by atoms with Gasteiger partial charge in [-0.3, -0.25) is 14.5 Å². The van der Waals surface area contributed by atoms with Gasteiger partial charge in [0.15, 0.2) is 5.78 Å². The number of nitrogens with zero attached hydrogens (tertiary/aromatic N) is 2. The van der Waals surface area contributed by atoms with Crippen LogP contribution < -0.4 is 4.90 Å². The number of anilines is 1. The van der Waals surface area contributed by atoms with Gasteiger partial charge in [0.25, 0.3) is 0 Å². The van der Waals surface area contributed by atoms with E-state index in [1.807, 2.05) is 74.4 Å². The smallest absolute Gasteiger partial charge is 0.310 e. The molecule has 0 aliphatic heterocycles. The molecule has 6 heteroatoms. The quantitative estimate of drug-likeness (QED) is 0.450. The summed E-state index contributed by atoms with van der Waals surface area (Å²) in [4.78, 5) is 29.3. The molecule has 0 aromatic heterocycles. The molecule has 0 bridgehead atoms. The summed E-state index contributed by atoms with van der Waals surface area (Å²) in [5.41, 5.74) is 2.83. The molecule has 0 radical (unpaired) electrons. The molecular weight excluding hydrogens is 416 g/mol. The Bertz CT molecular complexity index is 909. The van der Waals surface area contributed by atoms with Crippen LogP contribution in [0.2, 0.25) is 0 Å². The van der Waals surface area contributed by atoms with E-state index in [0.29, 0.717) is 25.0 Å². The van der Waals surface area contributed by atoms with Crippen LogP contribution in [0, 0.1) is 0 Å². The number of hydrogen-bond donors (Lipinski definition) is 1. The number of carbonyl (C=O) groups excluding carboxylic acids is 1. The molecule has 0 heterocycles. The van der Waals surface area contributed by atoms with Crippen LogP contribution in [-0.4, -0.2) is 68.2 Å². The minimum atomic E-state index is -0.846. The summed E-state index contributed by atoms with van der Waals surface area (Å²) in [7, 11) is 5.59. The van der Waals surface area contributed by atoms with E-state index in [1.54, 1.807) is 14.0 Å². The van der Waals surface area contributed by atoms with E-state index in [1.165, 1.54) is 0 Å². The van der Waals surface area contributed by atoms with Gasteiger partial charge in [-0.05, 0) is 76.2 Å². The number of methoxy groups -OCH3 is 1. The lowest BCUT2D eigenvalue weighted by molar-refractivity contribution is -0.138. The lowest BCUT2D eigenvalue weighted by Crippen LogP contribution is -2.52. The predicted octanol–water partition coefficient (Wildman–Crippen LogP) is 4.48. The van der Waals surface area contributed by atoms with Crippen molar-refractivity contribution >= 4 is 17.4 Å². The fraction of sp³-hybridized carbons (Fsp3) is 0.481. The highest BCUT2D eigenvalue weighted by molar-refractivity contribution is 6.03. The summed E-state index contributed by atoms with van der Waals surface area (Å²) in [6.45, 7) is 8.13. The van der Waals surface area contributed by atoms with Crippen molar-refractivity contribution in [2.45, 2.75) is 45.1 Å². The number of aliphatic carboxylic acids is 1. The highest BCUT2D eigenvalue weighted by Crippen LogP contribution is 2.29. The summed E-state index contributed by atoms with van der Waals surface area (Å²) in [5.74, 6) is -1.32. The molecule has 180 valence electrons. The fourth-order valence-corrected chi connectivity index (χ4v) is 4.21. The zero-order valence-electron chi connectivity index (χ0n) is 20.8. The second-order valence-electron chi connectivity index (χ2n) is 8.71. The standard InChI is InChI=1S/C27H38N2O4/c1-7-27(28(4)5,19-21-9-11-22(12-10-21)20(3)26(31)32)25(30)23-13-15-24(16-14-23)29(8-2)17-18-33-6/h9-16,20H,7-8,17-19H2,1-6H3,(H,31,32). The van der Waals surface area contributed by atoms with Crippen LogP contribution in [0.3, 0.4) is 0 Å². The number of ketones is 1. The fourth-order valence-electron chi connectivity index (χ4n) is 4.21. The first-order valence-electron chi connectivity index (χ1n) is 11.6.